The summed E-state index contributed by atoms with van der Waals surface area (Å²) in [6, 6.07) is 14.1. The number of anilines is 2. The van der Waals surface area contributed by atoms with Crippen molar-refractivity contribution in [2.24, 2.45) is 0 Å². The van der Waals surface area contributed by atoms with E-state index in [1.807, 2.05) is 24.1 Å². The van der Waals surface area contributed by atoms with Crippen molar-refractivity contribution in [1.82, 2.24) is 0 Å². The van der Waals surface area contributed by atoms with Crippen molar-refractivity contribution in [2.45, 2.75) is 6.92 Å². The van der Waals surface area contributed by atoms with Gasteiger partial charge in [-0.2, -0.15) is 5.26 Å². The molecule has 0 fully saturated rings. The summed E-state index contributed by atoms with van der Waals surface area (Å²) in [7, 11) is 1.85. The average molecular weight is 266 g/mol. The molecule has 0 saturated carbocycles. The molecule has 4 heteroatoms. The molecule has 1 N–H and O–H groups in total. The first kappa shape index (κ1) is 13.6. The number of benzene rings is 2. The van der Waals surface area contributed by atoms with Gasteiger partial charge in [-0.25, -0.2) is 0 Å². The molecule has 0 aliphatic carbocycles. The summed E-state index contributed by atoms with van der Waals surface area (Å²) in [6.07, 6.45) is 0. The van der Waals surface area contributed by atoms with Crippen molar-refractivity contribution < 1.29 is 9.90 Å². The molecule has 0 amide bonds. The highest BCUT2D eigenvalue weighted by Gasteiger charge is 2.10. The summed E-state index contributed by atoms with van der Waals surface area (Å²) in [5.74, 6) is -0.203. The van der Waals surface area contributed by atoms with E-state index in [0.717, 1.165) is 11.4 Å². The summed E-state index contributed by atoms with van der Waals surface area (Å²) in [6.45, 7) is 1.42. The minimum atomic E-state index is -0.171. The molecule has 20 heavy (non-hydrogen) atoms. The average Bonchev–Trinajstić information content (AvgIpc) is 2.46. The Balaban J connectivity index is 2.33. The number of carbonyl (C=O) groups is 1. The number of phenolic OH excluding ortho intramolecular Hbond substituents is 1. The van der Waals surface area contributed by atoms with Gasteiger partial charge in [-0.1, -0.05) is 0 Å². The predicted octanol–water partition coefficient (Wildman–Crippen LogP) is 3.23. The van der Waals surface area contributed by atoms with E-state index in [-0.39, 0.29) is 11.5 Å². The van der Waals surface area contributed by atoms with Crippen molar-refractivity contribution in [3.63, 3.8) is 0 Å². The summed E-state index contributed by atoms with van der Waals surface area (Å²) >= 11 is 0. The third-order valence-corrected chi connectivity index (χ3v) is 3.13. The zero-order valence-electron chi connectivity index (χ0n) is 11.3. The van der Waals surface area contributed by atoms with Crippen LogP contribution in [0.1, 0.15) is 22.8 Å². The minimum Gasteiger partial charge on any atom is -0.507 e. The van der Waals surface area contributed by atoms with Gasteiger partial charge in [-0.15, -0.1) is 0 Å². The smallest absolute Gasteiger partial charge is 0.163 e. The van der Waals surface area contributed by atoms with Crippen molar-refractivity contribution in [1.29, 1.82) is 5.26 Å². The number of nitriles is 1. The van der Waals surface area contributed by atoms with E-state index >= 15 is 0 Å². The molecular weight excluding hydrogens is 252 g/mol. The molecule has 0 radical (unpaired) electrons. The van der Waals surface area contributed by atoms with E-state index in [1.54, 1.807) is 30.3 Å². The van der Waals surface area contributed by atoms with Crippen LogP contribution in [0.15, 0.2) is 42.5 Å². The normalized spacial score (nSPS) is 9.85. The Morgan fingerprint density at radius 1 is 1.15 bits per heavy atom. The Morgan fingerprint density at radius 2 is 1.75 bits per heavy atom. The molecule has 0 unspecified atom stereocenters. The van der Waals surface area contributed by atoms with E-state index in [1.165, 1.54) is 6.92 Å². The van der Waals surface area contributed by atoms with Crippen LogP contribution in [0.5, 0.6) is 5.75 Å². The van der Waals surface area contributed by atoms with Crippen LogP contribution in [0.25, 0.3) is 0 Å². The highest BCUT2D eigenvalue weighted by molar-refractivity contribution is 5.97. The van der Waals surface area contributed by atoms with E-state index in [4.69, 9.17) is 5.26 Å². The third-order valence-electron chi connectivity index (χ3n) is 3.13. The Bertz CT molecular complexity index is 685. The molecule has 0 spiro atoms. The number of carbonyl (C=O) groups excluding carboxylic acids is 1. The maximum atomic E-state index is 11.3. The van der Waals surface area contributed by atoms with Gasteiger partial charge in [-0.3, -0.25) is 4.79 Å². The van der Waals surface area contributed by atoms with Gasteiger partial charge in [0.25, 0.3) is 0 Å². The number of ketones is 1. The van der Waals surface area contributed by atoms with Gasteiger partial charge >= 0.3 is 0 Å². The van der Waals surface area contributed by atoms with Gasteiger partial charge < -0.3 is 10.0 Å². The van der Waals surface area contributed by atoms with Crippen LogP contribution in [0.2, 0.25) is 0 Å². The molecule has 2 aromatic carbocycles. The second kappa shape index (κ2) is 5.45. The second-order valence-corrected chi connectivity index (χ2v) is 4.48. The van der Waals surface area contributed by atoms with Crippen LogP contribution in [0.3, 0.4) is 0 Å². The molecule has 0 aromatic heterocycles. The van der Waals surface area contributed by atoms with Gasteiger partial charge in [0.2, 0.25) is 0 Å². The molecule has 0 aliphatic rings. The topological polar surface area (TPSA) is 64.3 Å². The lowest BCUT2D eigenvalue weighted by Crippen LogP contribution is -2.09. The molecule has 0 heterocycles. The van der Waals surface area contributed by atoms with Crippen LogP contribution < -0.4 is 4.90 Å². The fourth-order valence-electron chi connectivity index (χ4n) is 1.94. The summed E-state index contributed by atoms with van der Waals surface area (Å²) < 4.78 is 0. The first-order chi connectivity index (χ1) is 9.52. The lowest BCUT2D eigenvalue weighted by Gasteiger charge is -2.20. The third kappa shape index (κ3) is 2.62. The van der Waals surface area contributed by atoms with Gasteiger partial charge in [0.1, 0.15) is 5.75 Å². The van der Waals surface area contributed by atoms with E-state index in [0.29, 0.717) is 11.1 Å². The van der Waals surface area contributed by atoms with Crippen molar-refractivity contribution >= 4 is 17.2 Å². The number of rotatable bonds is 3. The van der Waals surface area contributed by atoms with E-state index < -0.39 is 0 Å². The maximum absolute atomic E-state index is 11.3. The molecule has 0 atom stereocenters. The van der Waals surface area contributed by atoms with Crippen molar-refractivity contribution in [3.8, 4) is 11.8 Å². The maximum Gasteiger partial charge on any atom is 0.163 e. The number of Topliss-reactive ketones (excluding diaryl/α,β-unsaturated/α-hetero) is 1. The molecule has 2 rings (SSSR count). The fourth-order valence-corrected chi connectivity index (χ4v) is 1.94. The highest BCUT2D eigenvalue weighted by Crippen LogP contribution is 2.29. The number of aromatic hydroxyl groups is 1. The Morgan fingerprint density at radius 3 is 2.25 bits per heavy atom. The number of hydrogen-bond donors (Lipinski definition) is 1. The largest absolute Gasteiger partial charge is 0.507 e. The van der Waals surface area contributed by atoms with E-state index in [9.17, 15) is 9.90 Å². The Labute approximate surface area is 117 Å². The van der Waals surface area contributed by atoms with Crippen LogP contribution in [0, 0.1) is 11.3 Å². The minimum absolute atomic E-state index is 0.0319. The quantitative estimate of drug-likeness (QED) is 0.866. The van der Waals surface area contributed by atoms with Crippen LogP contribution in [-0.2, 0) is 0 Å². The summed E-state index contributed by atoms with van der Waals surface area (Å²) in [4.78, 5) is 13.1. The lowest BCUT2D eigenvalue weighted by molar-refractivity contribution is 0.101. The van der Waals surface area contributed by atoms with Gasteiger partial charge in [0.05, 0.1) is 17.2 Å². The number of nitrogens with zero attached hydrogens (tertiary/aromatic N) is 2. The van der Waals surface area contributed by atoms with Gasteiger partial charge in [-0.05, 0) is 43.3 Å². The number of phenols is 1. The van der Waals surface area contributed by atoms with Crippen molar-refractivity contribution in [2.75, 3.05) is 11.9 Å². The molecule has 2 aromatic rings. The zero-order valence-corrected chi connectivity index (χ0v) is 11.3. The molecule has 4 nitrogen and oxygen atoms in total. The van der Waals surface area contributed by atoms with Crippen LogP contribution in [-0.4, -0.2) is 17.9 Å². The SMILES string of the molecule is CC(=O)c1ccc(N(C)c2ccc(C#N)cc2)cc1O. The van der Waals surface area contributed by atoms with Crippen LogP contribution >= 0.6 is 0 Å². The molecular formula is C16H14N2O2. The Hall–Kier alpha value is -2.80. The molecule has 0 saturated heterocycles. The highest BCUT2D eigenvalue weighted by atomic mass is 16.3. The second-order valence-electron chi connectivity index (χ2n) is 4.48. The lowest BCUT2D eigenvalue weighted by atomic mass is 10.1. The first-order valence-corrected chi connectivity index (χ1v) is 6.11. The molecule has 0 aliphatic heterocycles. The van der Waals surface area contributed by atoms with Crippen molar-refractivity contribution in [3.05, 3.63) is 53.6 Å². The Kier molecular flexibility index (Phi) is 3.72. The monoisotopic (exact) mass is 266 g/mol. The predicted molar refractivity (Wildman–Crippen MR) is 77.3 cm³/mol. The molecule has 0 bridgehead atoms. The van der Waals surface area contributed by atoms with Crippen LogP contribution in [0.4, 0.5) is 11.4 Å². The number of hydrogen-bond acceptors (Lipinski definition) is 4. The van der Waals surface area contributed by atoms with E-state index in [2.05, 4.69) is 6.07 Å². The van der Waals surface area contributed by atoms with Gasteiger partial charge in [0.15, 0.2) is 5.78 Å². The standard InChI is InChI=1S/C16H14N2O2/c1-11(19)15-8-7-14(9-16(15)20)18(2)13-5-3-12(10-17)4-6-13/h3-9,20H,1-2H3. The zero-order chi connectivity index (χ0) is 14.7. The summed E-state index contributed by atoms with van der Waals surface area (Å²) in [5.41, 5.74) is 2.55. The molecule has 100 valence electrons. The fraction of sp³-hybridized carbons (Fsp3) is 0.125. The summed E-state index contributed by atoms with van der Waals surface area (Å²) in [5, 5.41) is 18.6. The van der Waals surface area contributed by atoms with Gasteiger partial charge in [0, 0.05) is 24.5 Å². The first-order valence-electron chi connectivity index (χ1n) is 6.11.